The Kier molecular flexibility index (Phi) is 6.00. The van der Waals surface area contributed by atoms with Gasteiger partial charge in [0, 0.05) is 24.2 Å². The molecule has 4 heteroatoms. The average Bonchev–Trinajstić information content (AvgIpc) is 2.97. The van der Waals surface area contributed by atoms with Gasteiger partial charge < -0.3 is 10.6 Å². The van der Waals surface area contributed by atoms with Crippen molar-refractivity contribution in [1.29, 1.82) is 0 Å². The molecule has 142 valence electrons. The molecular formula is C22H31FN2O. The summed E-state index contributed by atoms with van der Waals surface area (Å²) in [5.41, 5.74) is 9.46. The predicted molar refractivity (Wildman–Crippen MR) is 103 cm³/mol. The topological polar surface area (TPSA) is 46.3 Å². The lowest BCUT2D eigenvalue weighted by Crippen LogP contribution is -2.27. The minimum absolute atomic E-state index is 0.0201. The van der Waals surface area contributed by atoms with Crippen molar-refractivity contribution in [3.8, 4) is 0 Å². The fraction of sp³-hybridized carbons (Fsp3) is 0.591. The van der Waals surface area contributed by atoms with Crippen molar-refractivity contribution >= 4 is 5.91 Å². The van der Waals surface area contributed by atoms with Gasteiger partial charge in [0.2, 0.25) is 5.91 Å². The van der Waals surface area contributed by atoms with E-state index in [-0.39, 0.29) is 17.8 Å². The van der Waals surface area contributed by atoms with Crippen molar-refractivity contribution in [1.82, 2.24) is 4.90 Å². The lowest BCUT2D eigenvalue weighted by molar-refractivity contribution is -0.114. The van der Waals surface area contributed by atoms with E-state index in [4.69, 9.17) is 5.73 Å². The van der Waals surface area contributed by atoms with Gasteiger partial charge in [-0.2, -0.15) is 0 Å². The van der Waals surface area contributed by atoms with Crippen LogP contribution in [0.15, 0.2) is 29.5 Å². The molecule has 1 saturated carbocycles. The van der Waals surface area contributed by atoms with Crippen LogP contribution in [0.25, 0.3) is 0 Å². The van der Waals surface area contributed by atoms with Gasteiger partial charge in [0.25, 0.3) is 0 Å². The number of benzene rings is 1. The van der Waals surface area contributed by atoms with Crippen molar-refractivity contribution in [3.63, 3.8) is 0 Å². The summed E-state index contributed by atoms with van der Waals surface area (Å²) in [6, 6.07) is 5.07. The third-order valence-electron chi connectivity index (χ3n) is 6.29. The number of hydrogen-bond acceptors (Lipinski definition) is 2. The van der Waals surface area contributed by atoms with E-state index < -0.39 is 0 Å². The van der Waals surface area contributed by atoms with Gasteiger partial charge in [-0.25, -0.2) is 4.39 Å². The van der Waals surface area contributed by atoms with Crippen LogP contribution < -0.4 is 5.73 Å². The molecule has 3 rings (SSSR count). The quantitative estimate of drug-likeness (QED) is 0.789. The first kappa shape index (κ1) is 18.9. The molecule has 0 aromatic heterocycles. The van der Waals surface area contributed by atoms with Crippen LogP contribution in [0.3, 0.4) is 0 Å². The van der Waals surface area contributed by atoms with Gasteiger partial charge >= 0.3 is 0 Å². The first-order chi connectivity index (χ1) is 12.5. The highest BCUT2D eigenvalue weighted by Crippen LogP contribution is 2.41. The minimum Gasteiger partial charge on any atom is -0.367 e. The monoisotopic (exact) mass is 358 g/mol. The molecule has 1 aliphatic heterocycles. The summed E-state index contributed by atoms with van der Waals surface area (Å²) in [4.78, 5) is 14.2. The van der Waals surface area contributed by atoms with E-state index in [0.717, 1.165) is 42.1 Å². The molecule has 1 aromatic rings. The number of primary amides is 1. The van der Waals surface area contributed by atoms with Gasteiger partial charge in [-0.05, 0) is 48.9 Å². The summed E-state index contributed by atoms with van der Waals surface area (Å²) >= 11 is 0. The Hall–Kier alpha value is -1.84. The van der Waals surface area contributed by atoms with E-state index >= 15 is 0 Å². The van der Waals surface area contributed by atoms with Crippen LogP contribution in [0.1, 0.15) is 76.0 Å². The molecule has 2 aliphatic rings. The second-order valence-electron chi connectivity index (χ2n) is 7.83. The second-order valence-corrected chi connectivity index (χ2v) is 7.83. The Bertz CT molecular complexity index is 691. The molecule has 1 aromatic carbocycles. The fourth-order valence-electron chi connectivity index (χ4n) is 4.73. The normalized spacial score (nSPS) is 21.5. The number of halogens is 1. The van der Waals surface area contributed by atoms with Crippen LogP contribution in [-0.4, -0.2) is 17.4 Å². The number of carbonyl (C=O) groups excluding carboxylic acids is 1. The van der Waals surface area contributed by atoms with E-state index in [1.165, 1.54) is 38.2 Å². The minimum atomic E-state index is -0.345. The predicted octanol–water partition coefficient (Wildman–Crippen LogP) is 4.86. The maximum absolute atomic E-state index is 14.0. The average molecular weight is 359 g/mol. The number of nitrogens with two attached hydrogens (primary N) is 1. The van der Waals surface area contributed by atoms with Crippen molar-refractivity contribution in [3.05, 3.63) is 46.4 Å². The number of nitrogens with zero attached hydrogens (tertiary/aromatic N) is 1. The van der Waals surface area contributed by atoms with Crippen LogP contribution in [0.4, 0.5) is 4.39 Å². The van der Waals surface area contributed by atoms with E-state index in [2.05, 4.69) is 11.8 Å². The number of hydrogen-bond donors (Lipinski definition) is 1. The van der Waals surface area contributed by atoms with Gasteiger partial charge in [-0.15, -0.1) is 0 Å². The number of rotatable bonds is 6. The van der Waals surface area contributed by atoms with Crippen LogP contribution in [0.5, 0.6) is 0 Å². The highest BCUT2D eigenvalue weighted by Gasteiger charge is 2.34. The zero-order valence-corrected chi connectivity index (χ0v) is 16.1. The van der Waals surface area contributed by atoms with Gasteiger partial charge in [0.05, 0.1) is 6.04 Å². The van der Waals surface area contributed by atoms with Crippen molar-refractivity contribution < 1.29 is 9.18 Å². The highest BCUT2D eigenvalue weighted by atomic mass is 19.1. The molecule has 1 atom stereocenters. The van der Waals surface area contributed by atoms with E-state index in [1.54, 1.807) is 6.07 Å². The maximum Gasteiger partial charge on any atom is 0.246 e. The maximum atomic E-state index is 14.0. The molecular weight excluding hydrogens is 327 g/mol. The lowest BCUT2D eigenvalue weighted by atomic mass is 9.86. The highest BCUT2D eigenvalue weighted by molar-refractivity contribution is 5.93. The van der Waals surface area contributed by atoms with E-state index in [1.807, 2.05) is 13.0 Å². The number of allylic oxidation sites excluding steroid dienone is 1. The largest absolute Gasteiger partial charge is 0.367 e. The molecule has 0 radical (unpaired) electrons. The first-order valence-electron chi connectivity index (χ1n) is 10.1. The second kappa shape index (κ2) is 8.24. The molecule has 1 heterocycles. The van der Waals surface area contributed by atoms with Gasteiger partial charge in [0.15, 0.2) is 0 Å². The zero-order valence-electron chi connectivity index (χ0n) is 16.1. The number of amides is 1. The van der Waals surface area contributed by atoms with Crippen molar-refractivity contribution in [2.75, 3.05) is 6.54 Å². The summed E-state index contributed by atoms with van der Waals surface area (Å²) in [5.74, 6) is 0.213. The van der Waals surface area contributed by atoms with Crippen LogP contribution in [0, 0.1) is 11.7 Å². The van der Waals surface area contributed by atoms with Crippen LogP contribution in [-0.2, 0) is 11.2 Å². The first-order valence-corrected chi connectivity index (χ1v) is 10.1. The van der Waals surface area contributed by atoms with Crippen molar-refractivity contribution in [2.45, 2.75) is 71.3 Å². The standard InChI is InChI=1S/C22H31FN2O/c1-3-17-9-10-18(23)13-20(17)21-14-19(22(24)26)15(2)25(21)12-11-16-7-5-4-6-8-16/h9-10,13,16,21H,3-8,11-12,14H2,1-2H3,(H2,24,26). The van der Waals surface area contributed by atoms with Gasteiger partial charge in [0.1, 0.15) is 5.82 Å². The van der Waals surface area contributed by atoms with Crippen LogP contribution >= 0.6 is 0 Å². The molecule has 3 nitrogen and oxygen atoms in total. The van der Waals surface area contributed by atoms with Gasteiger partial charge in [-0.1, -0.05) is 45.1 Å². The number of carbonyl (C=O) groups is 1. The lowest BCUT2D eigenvalue weighted by Gasteiger charge is -2.32. The summed E-state index contributed by atoms with van der Waals surface area (Å²) in [6.07, 6.45) is 9.22. The number of aryl methyl sites for hydroxylation is 1. The fourth-order valence-corrected chi connectivity index (χ4v) is 4.73. The Balaban J connectivity index is 1.85. The Labute approximate surface area is 156 Å². The van der Waals surface area contributed by atoms with E-state index in [9.17, 15) is 9.18 Å². The Morgan fingerprint density at radius 3 is 2.65 bits per heavy atom. The molecule has 0 spiro atoms. The van der Waals surface area contributed by atoms with E-state index in [0.29, 0.717) is 12.0 Å². The molecule has 0 saturated heterocycles. The molecule has 2 N–H and O–H groups in total. The summed E-state index contributed by atoms with van der Waals surface area (Å²) in [7, 11) is 0. The summed E-state index contributed by atoms with van der Waals surface area (Å²) in [6.45, 7) is 5.00. The van der Waals surface area contributed by atoms with Crippen molar-refractivity contribution in [2.24, 2.45) is 11.7 Å². The smallest absolute Gasteiger partial charge is 0.246 e. The van der Waals surface area contributed by atoms with Gasteiger partial charge in [-0.3, -0.25) is 4.79 Å². The zero-order chi connectivity index (χ0) is 18.7. The Morgan fingerprint density at radius 1 is 1.27 bits per heavy atom. The third-order valence-corrected chi connectivity index (χ3v) is 6.29. The van der Waals surface area contributed by atoms with Crippen LogP contribution in [0.2, 0.25) is 0 Å². The molecule has 1 fully saturated rings. The summed E-state index contributed by atoms with van der Waals surface area (Å²) in [5, 5.41) is 0. The molecule has 1 amide bonds. The molecule has 1 unspecified atom stereocenters. The SMILES string of the molecule is CCc1ccc(F)cc1C1CC(C(N)=O)=C(C)N1CCC1CCCCC1. The Morgan fingerprint density at radius 2 is 2.00 bits per heavy atom. The molecule has 0 bridgehead atoms. The summed E-state index contributed by atoms with van der Waals surface area (Å²) < 4.78 is 14.0. The third kappa shape index (κ3) is 3.94. The molecule has 1 aliphatic carbocycles. The molecule has 26 heavy (non-hydrogen) atoms.